The van der Waals surface area contributed by atoms with E-state index in [9.17, 15) is 14.0 Å². The second-order valence-electron chi connectivity index (χ2n) is 3.50. The van der Waals surface area contributed by atoms with E-state index in [0.717, 1.165) is 12.1 Å². The molecule has 18 heavy (non-hydrogen) atoms. The highest BCUT2D eigenvalue weighted by molar-refractivity contribution is 9.10. The largest absolute Gasteiger partial charge is 0.480 e. The minimum absolute atomic E-state index is 0.0973. The Balaban J connectivity index is 2.83. The third kappa shape index (κ3) is 3.78. The van der Waals surface area contributed by atoms with Crippen molar-refractivity contribution >= 4 is 27.8 Å². The van der Waals surface area contributed by atoms with Crippen LogP contribution in [0, 0.1) is 5.82 Å². The summed E-state index contributed by atoms with van der Waals surface area (Å²) in [7, 11) is 0. The highest BCUT2D eigenvalue weighted by Gasteiger charge is 2.21. The Labute approximate surface area is 111 Å². The maximum absolute atomic E-state index is 12.8. The van der Waals surface area contributed by atoms with Crippen LogP contribution in [0.5, 0.6) is 0 Å². The molecule has 5 nitrogen and oxygen atoms in total. The Kier molecular flexibility index (Phi) is 5.24. The van der Waals surface area contributed by atoms with Gasteiger partial charge in [0.1, 0.15) is 11.9 Å². The fourth-order valence-corrected chi connectivity index (χ4v) is 1.83. The molecular weight excluding hydrogens is 309 g/mol. The van der Waals surface area contributed by atoms with Gasteiger partial charge in [0, 0.05) is 17.5 Å². The van der Waals surface area contributed by atoms with E-state index in [1.54, 1.807) is 0 Å². The molecule has 0 unspecified atom stereocenters. The molecule has 0 heterocycles. The fourth-order valence-electron chi connectivity index (χ4n) is 1.30. The first-order valence-electron chi connectivity index (χ1n) is 5.05. The maximum atomic E-state index is 12.8. The van der Waals surface area contributed by atoms with E-state index in [-0.39, 0.29) is 23.1 Å². The zero-order chi connectivity index (χ0) is 13.7. The molecule has 0 fully saturated rings. The number of hydrogen-bond donors (Lipinski definition) is 3. The Morgan fingerprint density at radius 2 is 2.11 bits per heavy atom. The van der Waals surface area contributed by atoms with Crippen LogP contribution in [-0.4, -0.2) is 34.7 Å². The number of halogens is 2. The van der Waals surface area contributed by atoms with Crippen LogP contribution in [-0.2, 0) is 4.79 Å². The zero-order valence-electron chi connectivity index (χ0n) is 9.19. The average molecular weight is 320 g/mol. The van der Waals surface area contributed by atoms with E-state index < -0.39 is 23.7 Å². The molecule has 1 rings (SSSR count). The van der Waals surface area contributed by atoms with E-state index in [2.05, 4.69) is 21.2 Å². The summed E-state index contributed by atoms with van der Waals surface area (Å²) >= 11 is 3.02. The van der Waals surface area contributed by atoms with Gasteiger partial charge < -0.3 is 15.5 Å². The van der Waals surface area contributed by atoms with Crippen molar-refractivity contribution in [3.63, 3.8) is 0 Å². The standard InChI is InChI=1S/C11H11BrFNO4/c12-8-5-6(13)1-2-7(8)10(16)14-9(3-4-15)11(17)18/h1-2,5,9,15H,3-4H2,(H,14,16)(H,17,18)/t9-/m0/s1. The van der Waals surface area contributed by atoms with Gasteiger partial charge in [0.2, 0.25) is 0 Å². The predicted molar refractivity (Wildman–Crippen MR) is 64.7 cm³/mol. The Bertz CT molecular complexity index is 466. The number of benzene rings is 1. The summed E-state index contributed by atoms with van der Waals surface area (Å²) < 4.78 is 13.1. The summed E-state index contributed by atoms with van der Waals surface area (Å²) in [5.74, 6) is -2.40. The van der Waals surface area contributed by atoms with Crippen molar-refractivity contribution in [3.05, 3.63) is 34.1 Å². The van der Waals surface area contributed by atoms with Crippen LogP contribution >= 0.6 is 15.9 Å². The lowest BCUT2D eigenvalue weighted by Crippen LogP contribution is -2.41. The minimum atomic E-state index is -1.24. The van der Waals surface area contributed by atoms with Gasteiger partial charge in [0.05, 0.1) is 5.56 Å². The van der Waals surface area contributed by atoms with Gasteiger partial charge in [-0.3, -0.25) is 4.79 Å². The van der Waals surface area contributed by atoms with Gasteiger partial charge >= 0.3 is 5.97 Å². The lowest BCUT2D eigenvalue weighted by Gasteiger charge is -2.13. The van der Waals surface area contributed by atoms with Gasteiger partial charge in [-0.05, 0) is 34.1 Å². The summed E-state index contributed by atoms with van der Waals surface area (Å²) in [6, 6.07) is 2.27. The molecule has 0 bridgehead atoms. The van der Waals surface area contributed by atoms with Crippen LogP contribution in [0.3, 0.4) is 0 Å². The number of carboxylic acid groups (broad SMARTS) is 1. The van der Waals surface area contributed by atoms with E-state index in [1.165, 1.54) is 6.07 Å². The maximum Gasteiger partial charge on any atom is 0.326 e. The molecule has 1 aromatic carbocycles. The number of nitrogens with one attached hydrogen (secondary N) is 1. The third-order valence-corrected chi connectivity index (χ3v) is 2.85. The molecule has 98 valence electrons. The summed E-state index contributed by atoms with van der Waals surface area (Å²) in [6.07, 6.45) is -0.0973. The molecule has 1 atom stereocenters. The molecule has 0 saturated heterocycles. The van der Waals surface area contributed by atoms with Crippen molar-refractivity contribution in [2.45, 2.75) is 12.5 Å². The first-order chi connectivity index (χ1) is 8.45. The number of aliphatic hydroxyl groups excluding tert-OH is 1. The average Bonchev–Trinajstić information content (AvgIpc) is 2.27. The predicted octanol–water partition coefficient (Wildman–Crippen LogP) is 1.15. The van der Waals surface area contributed by atoms with Gasteiger partial charge in [0.15, 0.2) is 0 Å². The molecule has 0 saturated carbocycles. The summed E-state index contributed by atoms with van der Waals surface area (Å²) in [5, 5.41) is 19.7. The molecule has 1 aromatic rings. The lowest BCUT2D eigenvalue weighted by atomic mass is 10.1. The number of amides is 1. The van der Waals surface area contributed by atoms with Crippen LogP contribution in [0.1, 0.15) is 16.8 Å². The Morgan fingerprint density at radius 1 is 1.44 bits per heavy atom. The Morgan fingerprint density at radius 3 is 2.61 bits per heavy atom. The van der Waals surface area contributed by atoms with Crippen LogP contribution in [0.25, 0.3) is 0 Å². The summed E-state index contributed by atoms with van der Waals surface area (Å²) in [6.45, 7) is -0.359. The van der Waals surface area contributed by atoms with Crippen LogP contribution < -0.4 is 5.32 Å². The van der Waals surface area contributed by atoms with E-state index in [0.29, 0.717) is 0 Å². The molecule has 0 spiro atoms. The van der Waals surface area contributed by atoms with Crippen LogP contribution in [0.4, 0.5) is 4.39 Å². The zero-order valence-corrected chi connectivity index (χ0v) is 10.8. The van der Waals surface area contributed by atoms with Crippen molar-refractivity contribution in [1.82, 2.24) is 5.32 Å². The van der Waals surface area contributed by atoms with Crippen molar-refractivity contribution in [2.24, 2.45) is 0 Å². The van der Waals surface area contributed by atoms with E-state index in [4.69, 9.17) is 10.2 Å². The lowest BCUT2D eigenvalue weighted by molar-refractivity contribution is -0.139. The summed E-state index contributed by atoms with van der Waals surface area (Å²) in [4.78, 5) is 22.6. The number of aliphatic carboxylic acids is 1. The van der Waals surface area contributed by atoms with E-state index in [1.807, 2.05) is 0 Å². The molecular formula is C11H11BrFNO4. The highest BCUT2D eigenvalue weighted by atomic mass is 79.9. The quantitative estimate of drug-likeness (QED) is 0.760. The number of rotatable bonds is 5. The van der Waals surface area contributed by atoms with Crippen LogP contribution in [0.15, 0.2) is 22.7 Å². The number of carboxylic acids is 1. The second kappa shape index (κ2) is 6.46. The van der Waals surface area contributed by atoms with Gasteiger partial charge in [-0.25, -0.2) is 9.18 Å². The van der Waals surface area contributed by atoms with E-state index >= 15 is 0 Å². The number of aliphatic hydroxyl groups is 1. The Hall–Kier alpha value is -1.47. The number of carbonyl (C=O) groups is 2. The first kappa shape index (κ1) is 14.6. The highest BCUT2D eigenvalue weighted by Crippen LogP contribution is 2.18. The van der Waals surface area contributed by atoms with Crippen molar-refractivity contribution in [2.75, 3.05) is 6.61 Å². The normalized spacial score (nSPS) is 11.9. The van der Waals surface area contributed by atoms with Crippen molar-refractivity contribution in [1.29, 1.82) is 0 Å². The third-order valence-electron chi connectivity index (χ3n) is 2.20. The molecule has 0 aliphatic rings. The molecule has 3 N–H and O–H groups in total. The molecule has 1 amide bonds. The van der Waals surface area contributed by atoms with Crippen LogP contribution in [0.2, 0.25) is 0 Å². The minimum Gasteiger partial charge on any atom is -0.480 e. The van der Waals surface area contributed by atoms with Crippen molar-refractivity contribution in [3.8, 4) is 0 Å². The van der Waals surface area contributed by atoms with Gasteiger partial charge in [-0.1, -0.05) is 0 Å². The van der Waals surface area contributed by atoms with Gasteiger partial charge in [-0.15, -0.1) is 0 Å². The van der Waals surface area contributed by atoms with Crippen molar-refractivity contribution < 1.29 is 24.2 Å². The molecule has 0 aromatic heterocycles. The fraction of sp³-hybridized carbons (Fsp3) is 0.273. The SMILES string of the molecule is O=C(N[C@@H](CCO)C(=O)O)c1ccc(F)cc1Br. The monoisotopic (exact) mass is 319 g/mol. The molecule has 0 radical (unpaired) electrons. The number of carbonyl (C=O) groups excluding carboxylic acids is 1. The molecule has 7 heteroatoms. The summed E-state index contributed by atoms with van der Waals surface area (Å²) in [5.41, 5.74) is 0.126. The van der Waals surface area contributed by atoms with Gasteiger partial charge in [-0.2, -0.15) is 0 Å². The topological polar surface area (TPSA) is 86.6 Å². The smallest absolute Gasteiger partial charge is 0.326 e. The molecule has 0 aliphatic carbocycles. The number of hydrogen-bond acceptors (Lipinski definition) is 3. The molecule has 0 aliphatic heterocycles. The van der Waals surface area contributed by atoms with Gasteiger partial charge in [0.25, 0.3) is 5.91 Å². The first-order valence-corrected chi connectivity index (χ1v) is 5.84. The second-order valence-corrected chi connectivity index (χ2v) is 4.36.